The van der Waals surface area contributed by atoms with Crippen LogP contribution in [0.3, 0.4) is 0 Å². The van der Waals surface area contributed by atoms with Crippen molar-refractivity contribution < 1.29 is 14.3 Å². The van der Waals surface area contributed by atoms with Crippen molar-refractivity contribution in [3.05, 3.63) is 40.7 Å². The molecule has 1 aliphatic rings. The first-order chi connectivity index (χ1) is 11.7. The van der Waals surface area contributed by atoms with Gasteiger partial charge in [-0.1, -0.05) is 36.4 Å². The van der Waals surface area contributed by atoms with Crippen molar-refractivity contribution >= 4 is 29.3 Å². The van der Waals surface area contributed by atoms with E-state index in [4.69, 9.17) is 21.1 Å². The molecule has 1 aromatic heterocycles. The summed E-state index contributed by atoms with van der Waals surface area (Å²) in [5, 5.41) is 3.60. The van der Waals surface area contributed by atoms with E-state index in [0.717, 1.165) is 17.7 Å². The smallest absolute Gasteiger partial charge is 0.271 e. The number of rotatable bonds is 6. The molecule has 0 atom stereocenters. The van der Waals surface area contributed by atoms with Gasteiger partial charge >= 0.3 is 0 Å². The van der Waals surface area contributed by atoms with E-state index >= 15 is 0 Å². The molecule has 6 nitrogen and oxygen atoms in total. The van der Waals surface area contributed by atoms with E-state index in [1.165, 1.54) is 18.0 Å². The van der Waals surface area contributed by atoms with Gasteiger partial charge in [-0.25, -0.2) is 9.97 Å². The third-order valence-electron chi connectivity index (χ3n) is 3.26. The number of ether oxygens (including phenoxy) is 2. The van der Waals surface area contributed by atoms with Gasteiger partial charge in [-0.2, -0.15) is 0 Å². The lowest BCUT2D eigenvalue weighted by atomic mass is 10.2. The van der Waals surface area contributed by atoms with Crippen LogP contribution in [-0.2, 0) is 6.54 Å². The molecule has 8 heteroatoms. The zero-order valence-electron chi connectivity index (χ0n) is 13.0. The molecule has 3 rings (SSSR count). The molecule has 0 saturated carbocycles. The highest BCUT2D eigenvalue weighted by molar-refractivity contribution is 7.99. The van der Waals surface area contributed by atoms with E-state index in [2.05, 4.69) is 22.2 Å². The van der Waals surface area contributed by atoms with E-state index in [9.17, 15) is 4.79 Å². The minimum Gasteiger partial charge on any atom is -0.454 e. The van der Waals surface area contributed by atoms with Gasteiger partial charge in [0.25, 0.3) is 5.91 Å². The maximum atomic E-state index is 12.3. The van der Waals surface area contributed by atoms with Gasteiger partial charge in [0.1, 0.15) is 0 Å². The van der Waals surface area contributed by atoms with Crippen molar-refractivity contribution in [2.45, 2.75) is 25.0 Å². The van der Waals surface area contributed by atoms with Crippen molar-refractivity contribution in [2.75, 3.05) is 12.5 Å². The zero-order chi connectivity index (χ0) is 16.9. The lowest BCUT2D eigenvalue weighted by Crippen LogP contribution is -2.24. The summed E-state index contributed by atoms with van der Waals surface area (Å²) in [6.45, 7) is 2.63. The summed E-state index contributed by atoms with van der Waals surface area (Å²) in [4.78, 5) is 20.7. The fraction of sp³-hybridized carbons (Fsp3) is 0.312. The van der Waals surface area contributed by atoms with E-state index in [0.29, 0.717) is 23.2 Å². The predicted octanol–water partition coefficient (Wildman–Crippen LogP) is 3.29. The molecule has 1 N–H and O–H groups in total. The molecule has 2 aromatic rings. The molecule has 0 spiro atoms. The van der Waals surface area contributed by atoms with Gasteiger partial charge in [-0.3, -0.25) is 4.79 Å². The molecule has 24 heavy (non-hydrogen) atoms. The fourth-order valence-corrected chi connectivity index (χ4v) is 2.94. The van der Waals surface area contributed by atoms with Crippen LogP contribution in [0.4, 0.5) is 0 Å². The molecular formula is C16H16ClN3O3S. The van der Waals surface area contributed by atoms with Gasteiger partial charge in [-0.15, -0.1) is 0 Å². The summed E-state index contributed by atoms with van der Waals surface area (Å²) in [5.74, 6) is 1.94. The summed E-state index contributed by atoms with van der Waals surface area (Å²) in [5.41, 5.74) is 1.09. The quantitative estimate of drug-likeness (QED) is 0.625. The van der Waals surface area contributed by atoms with E-state index in [-0.39, 0.29) is 23.4 Å². The average molecular weight is 366 g/mol. The molecule has 1 aliphatic heterocycles. The van der Waals surface area contributed by atoms with Gasteiger partial charge in [-0.05, 0) is 24.1 Å². The summed E-state index contributed by atoms with van der Waals surface area (Å²) < 4.78 is 10.6. The number of fused-ring (bicyclic) bond motifs is 1. The third kappa shape index (κ3) is 3.91. The van der Waals surface area contributed by atoms with Crippen LogP contribution >= 0.6 is 23.4 Å². The topological polar surface area (TPSA) is 73.3 Å². The zero-order valence-corrected chi connectivity index (χ0v) is 14.6. The molecule has 126 valence electrons. The van der Waals surface area contributed by atoms with Crippen LogP contribution < -0.4 is 14.8 Å². The monoisotopic (exact) mass is 365 g/mol. The molecule has 0 radical (unpaired) electrons. The first-order valence-corrected chi connectivity index (χ1v) is 8.86. The minimum atomic E-state index is -0.335. The number of carbonyl (C=O) groups excluding carboxylic acids is 1. The predicted molar refractivity (Wildman–Crippen MR) is 91.8 cm³/mol. The summed E-state index contributed by atoms with van der Waals surface area (Å²) in [7, 11) is 0. The number of carbonyl (C=O) groups is 1. The summed E-state index contributed by atoms with van der Waals surface area (Å²) in [6, 6.07) is 5.53. The second-order valence-electron chi connectivity index (χ2n) is 5.07. The van der Waals surface area contributed by atoms with Crippen molar-refractivity contribution in [3.63, 3.8) is 0 Å². The molecule has 0 aliphatic carbocycles. The van der Waals surface area contributed by atoms with E-state index in [1.54, 1.807) is 0 Å². The normalized spacial score (nSPS) is 12.2. The molecular weight excluding hydrogens is 350 g/mol. The Bertz CT molecular complexity index is 757. The Kier molecular flexibility index (Phi) is 5.42. The Morgan fingerprint density at radius 1 is 1.38 bits per heavy atom. The highest BCUT2D eigenvalue weighted by atomic mass is 35.5. The van der Waals surface area contributed by atoms with Gasteiger partial charge in [0, 0.05) is 12.3 Å². The Balaban J connectivity index is 1.66. The van der Waals surface area contributed by atoms with Crippen LogP contribution in [0, 0.1) is 0 Å². The first kappa shape index (κ1) is 16.9. The van der Waals surface area contributed by atoms with Gasteiger partial charge in [0.05, 0.1) is 11.2 Å². The number of benzene rings is 1. The number of halogens is 1. The molecule has 1 amide bonds. The number of nitrogens with one attached hydrogen (secondary N) is 1. The maximum absolute atomic E-state index is 12.3. The SMILES string of the molecule is CCCSc1ncc(Cl)c(C(=O)NCc2ccc3c(c2)OCO3)n1. The van der Waals surface area contributed by atoms with E-state index < -0.39 is 0 Å². The Hall–Kier alpha value is -1.99. The highest BCUT2D eigenvalue weighted by Crippen LogP contribution is 2.32. The number of amides is 1. The molecule has 0 bridgehead atoms. The molecule has 0 unspecified atom stereocenters. The fourth-order valence-electron chi connectivity index (χ4n) is 2.09. The Morgan fingerprint density at radius 3 is 3.04 bits per heavy atom. The molecule has 0 saturated heterocycles. The van der Waals surface area contributed by atoms with E-state index in [1.807, 2.05) is 18.2 Å². The lowest BCUT2D eigenvalue weighted by Gasteiger charge is -2.08. The van der Waals surface area contributed by atoms with Crippen LogP contribution in [0.1, 0.15) is 29.4 Å². The second kappa shape index (κ2) is 7.72. The summed E-state index contributed by atoms with van der Waals surface area (Å²) in [6.07, 6.45) is 2.46. The first-order valence-electron chi connectivity index (χ1n) is 7.49. The number of hydrogen-bond donors (Lipinski definition) is 1. The second-order valence-corrected chi connectivity index (χ2v) is 6.54. The van der Waals surface area contributed by atoms with Crippen molar-refractivity contribution in [1.29, 1.82) is 0 Å². The number of nitrogens with zero attached hydrogens (tertiary/aromatic N) is 2. The number of thioether (sulfide) groups is 1. The van der Waals surface area contributed by atoms with Crippen molar-refractivity contribution in [2.24, 2.45) is 0 Å². The lowest BCUT2D eigenvalue weighted by molar-refractivity contribution is 0.0945. The van der Waals surface area contributed by atoms with Gasteiger partial charge in [0.2, 0.25) is 6.79 Å². The van der Waals surface area contributed by atoms with Crippen LogP contribution in [0.15, 0.2) is 29.6 Å². The highest BCUT2D eigenvalue weighted by Gasteiger charge is 2.16. The minimum absolute atomic E-state index is 0.186. The molecule has 1 aromatic carbocycles. The van der Waals surface area contributed by atoms with Crippen molar-refractivity contribution in [1.82, 2.24) is 15.3 Å². The summed E-state index contributed by atoms with van der Waals surface area (Å²) >= 11 is 7.55. The largest absolute Gasteiger partial charge is 0.454 e. The van der Waals surface area contributed by atoms with Gasteiger partial charge in [0.15, 0.2) is 22.3 Å². The number of aromatic nitrogens is 2. The Morgan fingerprint density at radius 2 is 2.21 bits per heavy atom. The van der Waals surface area contributed by atoms with Crippen LogP contribution in [0.5, 0.6) is 11.5 Å². The maximum Gasteiger partial charge on any atom is 0.271 e. The molecule has 0 fully saturated rings. The van der Waals surface area contributed by atoms with Gasteiger partial charge < -0.3 is 14.8 Å². The number of hydrogen-bond acceptors (Lipinski definition) is 6. The third-order valence-corrected chi connectivity index (χ3v) is 4.61. The van der Waals surface area contributed by atoms with Crippen LogP contribution in [0.25, 0.3) is 0 Å². The Labute approximate surface area is 148 Å². The average Bonchev–Trinajstić information content (AvgIpc) is 3.06. The van der Waals surface area contributed by atoms with Crippen LogP contribution in [0.2, 0.25) is 5.02 Å². The van der Waals surface area contributed by atoms with Crippen LogP contribution in [-0.4, -0.2) is 28.4 Å². The standard InChI is InChI=1S/C16H16ClN3O3S/c1-2-5-24-16-19-8-11(17)14(20-16)15(21)18-7-10-3-4-12-13(6-10)23-9-22-12/h3-4,6,8H,2,5,7,9H2,1H3,(H,18,21). The molecule has 2 heterocycles. The van der Waals surface area contributed by atoms with Crippen molar-refractivity contribution in [3.8, 4) is 11.5 Å².